The van der Waals surface area contributed by atoms with E-state index < -0.39 is 10.0 Å². The first-order valence-corrected chi connectivity index (χ1v) is 12.7. The molecule has 0 bridgehead atoms. The van der Waals surface area contributed by atoms with Crippen LogP contribution in [-0.4, -0.2) is 24.2 Å². The number of nitrogens with one attached hydrogen (secondary N) is 2. The van der Waals surface area contributed by atoms with Crippen LogP contribution in [0.4, 0.5) is 5.69 Å². The maximum absolute atomic E-state index is 13.1. The second-order valence-electron chi connectivity index (χ2n) is 8.80. The minimum atomic E-state index is -3.75. The zero-order valence-electron chi connectivity index (χ0n) is 19.6. The van der Waals surface area contributed by atoms with Gasteiger partial charge in [0.1, 0.15) is 4.90 Å². The van der Waals surface area contributed by atoms with Gasteiger partial charge in [-0.1, -0.05) is 43.3 Å². The van der Waals surface area contributed by atoms with Gasteiger partial charge in [-0.3, -0.25) is 4.68 Å². The fourth-order valence-corrected chi connectivity index (χ4v) is 5.88. The highest BCUT2D eigenvalue weighted by molar-refractivity contribution is 7.90. The number of guanidine groups is 1. The largest absolute Gasteiger partial charge is 0.324 e. The summed E-state index contributed by atoms with van der Waals surface area (Å²) in [6.07, 6.45) is 1.81. The van der Waals surface area contributed by atoms with Crippen LogP contribution in [0.2, 0.25) is 0 Å². The van der Waals surface area contributed by atoms with Gasteiger partial charge < -0.3 is 5.32 Å². The minimum absolute atomic E-state index is 0.00573. The van der Waals surface area contributed by atoms with E-state index in [0.717, 1.165) is 27.6 Å². The number of rotatable bonds is 4. The van der Waals surface area contributed by atoms with Crippen LogP contribution < -0.4 is 10.0 Å². The van der Waals surface area contributed by atoms with Crippen LogP contribution in [0.1, 0.15) is 40.7 Å². The summed E-state index contributed by atoms with van der Waals surface area (Å²) in [5.41, 5.74) is 6.92. The summed E-state index contributed by atoms with van der Waals surface area (Å²) < 4.78 is 30.6. The number of hydrogen-bond donors (Lipinski definition) is 2. The van der Waals surface area contributed by atoms with Gasteiger partial charge >= 0.3 is 0 Å². The van der Waals surface area contributed by atoms with Crippen molar-refractivity contribution >= 4 is 32.6 Å². The predicted molar refractivity (Wildman–Crippen MR) is 136 cm³/mol. The topological polar surface area (TPSA) is 88.4 Å². The maximum atomic E-state index is 13.1. The van der Waals surface area contributed by atoms with E-state index in [-0.39, 0.29) is 16.8 Å². The lowest BCUT2D eigenvalue weighted by Gasteiger charge is -2.28. The van der Waals surface area contributed by atoms with E-state index in [4.69, 9.17) is 0 Å². The molecule has 0 radical (unpaired) electrons. The van der Waals surface area contributed by atoms with E-state index in [1.54, 1.807) is 6.07 Å². The minimum Gasteiger partial charge on any atom is -0.324 e. The average Bonchev–Trinajstić information content (AvgIpc) is 3.17. The summed E-state index contributed by atoms with van der Waals surface area (Å²) in [5, 5.41) is 8.58. The van der Waals surface area contributed by atoms with Gasteiger partial charge in [0, 0.05) is 18.4 Å². The van der Waals surface area contributed by atoms with Crippen molar-refractivity contribution in [1.29, 1.82) is 0 Å². The van der Waals surface area contributed by atoms with Crippen molar-refractivity contribution in [2.24, 2.45) is 12.0 Å². The second-order valence-corrected chi connectivity index (χ2v) is 10.5. The molecule has 8 heteroatoms. The summed E-state index contributed by atoms with van der Waals surface area (Å²) in [5.74, 6) is 0.230. The number of aromatic nitrogens is 2. The molecule has 0 saturated heterocycles. The maximum Gasteiger partial charge on any atom is 0.266 e. The number of aryl methyl sites for hydroxylation is 3. The molecule has 0 amide bonds. The van der Waals surface area contributed by atoms with Gasteiger partial charge in [-0.05, 0) is 59.9 Å². The Kier molecular flexibility index (Phi) is 5.40. The fourth-order valence-electron chi connectivity index (χ4n) is 4.72. The van der Waals surface area contributed by atoms with Crippen LogP contribution in [-0.2, 0) is 23.6 Å². The molecule has 2 heterocycles. The molecule has 0 saturated carbocycles. The predicted octanol–water partition coefficient (Wildman–Crippen LogP) is 4.60. The van der Waals surface area contributed by atoms with Crippen molar-refractivity contribution < 1.29 is 8.42 Å². The van der Waals surface area contributed by atoms with E-state index in [1.807, 2.05) is 61.2 Å². The lowest BCUT2D eigenvalue weighted by molar-refractivity contribution is 0.591. The summed E-state index contributed by atoms with van der Waals surface area (Å²) in [4.78, 5) is 4.81. The molecular formula is C26H27N5O2S. The molecule has 0 unspecified atom stereocenters. The SMILES string of the molecule is Cc1ccccc1[C@@H](C)c1c(C)ccc2c1NC(=NCc1ccc3c(cnn3C)c1)NS2(=O)=O. The van der Waals surface area contributed by atoms with Gasteiger partial charge in [-0.25, -0.2) is 18.1 Å². The van der Waals surface area contributed by atoms with Crippen molar-refractivity contribution in [3.8, 4) is 0 Å². The summed E-state index contributed by atoms with van der Waals surface area (Å²) in [7, 11) is -1.85. The van der Waals surface area contributed by atoms with Crippen LogP contribution in [0.25, 0.3) is 10.9 Å². The quantitative estimate of drug-likeness (QED) is 0.453. The number of anilines is 1. The third-order valence-electron chi connectivity index (χ3n) is 6.51. The van der Waals surface area contributed by atoms with Crippen LogP contribution in [0.3, 0.4) is 0 Å². The molecule has 1 aromatic heterocycles. The van der Waals surface area contributed by atoms with Gasteiger partial charge in [0.05, 0.1) is 23.9 Å². The summed E-state index contributed by atoms with van der Waals surface area (Å²) in [6, 6.07) is 17.7. The second kappa shape index (κ2) is 8.29. The van der Waals surface area contributed by atoms with E-state index in [0.29, 0.717) is 12.2 Å². The molecule has 1 atom stereocenters. The Morgan fingerprint density at radius 3 is 2.65 bits per heavy atom. The number of fused-ring (bicyclic) bond motifs is 2. The van der Waals surface area contributed by atoms with Crippen molar-refractivity contribution in [1.82, 2.24) is 14.5 Å². The number of nitrogens with zero attached hydrogens (tertiary/aromatic N) is 3. The Hall–Kier alpha value is -3.65. The van der Waals surface area contributed by atoms with Crippen LogP contribution in [0, 0.1) is 13.8 Å². The van der Waals surface area contributed by atoms with Gasteiger partial charge in [0.25, 0.3) is 10.0 Å². The molecule has 1 aliphatic rings. The molecule has 0 fully saturated rings. The molecule has 3 aromatic carbocycles. The third kappa shape index (κ3) is 3.84. The molecule has 0 spiro atoms. The lowest BCUT2D eigenvalue weighted by atomic mass is 9.86. The Morgan fingerprint density at radius 1 is 1.06 bits per heavy atom. The number of hydrogen-bond acceptors (Lipinski definition) is 4. The van der Waals surface area contributed by atoms with Gasteiger partial charge in [-0.2, -0.15) is 5.10 Å². The first-order valence-electron chi connectivity index (χ1n) is 11.2. The summed E-state index contributed by atoms with van der Waals surface area (Å²) in [6.45, 7) is 6.54. The van der Waals surface area contributed by atoms with Crippen molar-refractivity contribution in [3.63, 3.8) is 0 Å². The van der Waals surface area contributed by atoms with E-state index in [2.05, 4.69) is 46.1 Å². The number of aliphatic imine (C=N–C) groups is 1. The normalized spacial score (nSPS) is 16.6. The first-order chi connectivity index (χ1) is 16.2. The Labute approximate surface area is 199 Å². The number of sulfonamides is 1. The zero-order chi connectivity index (χ0) is 24.0. The van der Waals surface area contributed by atoms with Gasteiger partial charge in [-0.15, -0.1) is 0 Å². The molecule has 174 valence electrons. The molecule has 5 rings (SSSR count). The van der Waals surface area contributed by atoms with E-state index in [9.17, 15) is 8.42 Å². The summed E-state index contributed by atoms with van der Waals surface area (Å²) >= 11 is 0. The number of benzene rings is 3. The van der Waals surface area contributed by atoms with E-state index >= 15 is 0 Å². The average molecular weight is 474 g/mol. The van der Waals surface area contributed by atoms with Crippen molar-refractivity contribution in [2.45, 2.75) is 38.1 Å². The fraction of sp³-hybridized carbons (Fsp3) is 0.231. The van der Waals surface area contributed by atoms with Crippen LogP contribution >= 0.6 is 0 Å². The lowest BCUT2D eigenvalue weighted by Crippen LogP contribution is -2.41. The molecular weight excluding hydrogens is 446 g/mol. The Morgan fingerprint density at radius 2 is 1.85 bits per heavy atom. The standard InChI is InChI=1S/C26H27N5O2S/c1-16-7-5-6-8-21(16)18(3)24-17(2)9-12-23-25(24)29-26(30-34(23,32)33)27-14-19-10-11-22-20(13-19)15-28-31(22)4/h5-13,15,18H,14H2,1-4H3,(H2,27,29,30)/t18-/m1/s1. The highest BCUT2D eigenvalue weighted by Crippen LogP contribution is 2.39. The third-order valence-corrected chi connectivity index (χ3v) is 7.89. The molecule has 0 aliphatic carbocycles. The first kappa shape index (κ1) is 22.2. The Balaban J connectivity index is 1.53. The van der Waals surface area contributed by atoms with Gasteiger partial charge in [0.15, 0.2) is 0 Å². The Bertz CT molecular complexity index is 1550. The molecule has 34 heavy (non-hydrogen) atoms. The van der Waals surface area contributed by atoms with Gasteiger partial charge in [0.2, 0.25) is 5.96 Å². The van der Waals surface area contributed by atoms with Crippen LogP contribution in [0.5, 0.6) is 0 Å². The zero-order valence-corrected chi connectivity index (χ0v) is 20.4. The molecule has 2 N–H and O–H groups in total. The van der Waals surface area contributed by atoms with Crippen molar-refractivity contribution in [3.05, 3.63) is 88.6 Å². The van der Waals surface area contributed by atoms with E-state index in [1.165, 1.54) is 11.1 Å². The highest BCUT2D eigenvalue weighted by atomic mass is 32.2. The highest BCUT2D eigenvalue weighted by Gasteiger charge is 2.31. The van der Waals surface area contributed by atoms with Crippen LogP contribution in [0.15, 0.2) is 70.7 Å². The molecule has 1 aliphatic heterocycles. The molecule has 7 nitrogen and oxygen atoms in total. The smallest absolute Gasteiger partial charge is 0.266 e. The van der Waals surface area contributed by atoms with Crippen molar-refractivity contribution in [2.75, 3.05) is 5.32 Å². The monoisotopic (exact) mass is 473 g/mol. The molecule has 4 aromatic rings.